The molecule has 0 bridgehead atoms. The number of carbonyl (C=O) groups is 1. The number of hydrogen-bond donors (Lipinski definition) is 0. The van der Waals surface area contributed by atoms with E-state index in [1.54, 1.807) is 4.90 Å². The zero-order valence-electron chi connectivity index (χ0n) is 13.8. The number of nitrogens with zero attached hydrogens (tertiary/aromatic N) is 2. The molecule has 2 aliphatic rings. The van der Waals surface area contributed by atoms with E-state index in [2.05, 4.69) is 0 Å². The number of amides is 1. The van der Waals surface area contributed by atoms with Crippen LogP contribution in [-0.4, -0.2) is 28.6 Å². The zero-order valence-corrected chi connectivity index (χ0v) is 14.5. The largest absolute Gasteiger partial charge is 0.316 e. The van der Waals surface area contributed by atoms with Gasteiger partial charge in [0.05, 0.1) is 5.70 Å². The minimum Gasteiger partial charge on any atom is -0.316 e. The summed E-state index contributed by atoms with van der Waals surface area (Å²) in [5.41, 5.74) is 1.13. The van der Waals surface area contributed by atoms with Crippen molar-refractivity contribution in [2.45, 2.75) is 71.4 Å². The van der Waals surface area contributed by atoms with E-state index in [4.69, 9.17) is 4.39 Å². The van der Waals surface area contributed by atoms with E-state index in [1.165, 1.54) is 5.06 Å². The predicted octanol–water partition coefficient (Wildman–Crippen LogP) is -0.286. The average molecular weight is 349 g/mol. The summed E-state index contributed by atoms with van der Waals surface area (Å²) in [6.45, 7) is 4.47. The van der Waals surface area contributed by atoms with Crippen LogP contribution in [0.15, 0.2) is 11.3 Å². The van der Waals surface area contributed by atoms with Crippen molar-refractivity contribution >= 4 is 5.91 Å². The van der Waals surface area contributed by atoms with Crippen LogP contribution in [0, 0.1) is 10.2 Å². The Morgan fingerprint density at radius 1 is 1.13 bits per heavy atom. The van der Waals surface area contributed by atoms with Crippen LogP contribution < -0.4 is 14.0 Å². The van der Waals surface area contributed by atoms with Crippen LogP contribution >= 0.6 is 0 Å². The molecule has 1 atom stereocenters. The molecule has 1 unspecified atom stereocenters. The van der Waals surface area contributed by atoms with Gasteiger partial charge in [-0.25, -0.2) is 0 Å². The van der Waals surface area contributed by atoms with Crippen molar-refractivity contribution in [2.24, 2.45) is 0 Å². The molecule has 2 aliphatic heterocycles. The first-order valence-corrected chi connectivity index (χ1v) is 9.55. The monoisotopic (exact) mass is 348 g/mol. The van der Waals surface area contributed by atoms with Crippen LogP contribution in [0.3, 0.4) is 0 Å². The maximum Gasteiger partial charge on any atom is 0.253 e. The second kappa shape index (κ2) is 7.81. The summed E-state index contributed by atoms with van der Waals surface area (Å²) >= 11 is 0. The van der Waals surface area contributed by atoms with E-state index >= 15 is 0 Å². The second-order valence-electron chi connectivity index (χ2n) is 6.03. The molecule has 1 amide bonds. The van der Waals surface area contributed by atoms with Crippen LogP contribution in [0.1, 0.15) is 65.2 Å². The van der Waals surface area contributed by atoms with E-state index in [0.29, 0.717) is 37.1 Å². The highest BCUT2D eigenvalue weighted by molar-refractivity contribution is 5.95. The topological polar surface area (TPSA) is 102 Å². The summed E-state index contributed by atoms with van der Waals surface area (Å²) in [4.78, 5) is 14.5. The smallest absolute Gasteiger partial charge is 0.253 e. The first-order chi connectivity index (χ1) is 10.9. The lowest BCUT2D eigenvalue weighted by atomic mass is 9.99. The lowest BCUT2D eigenvalue weighted by Crippen LogP contribution is -2.66. The Morgan fingerprint density at radius 2 is 1.83 bits per heavy atom. The van der Waals surface area contributed by atoms with Gasteiger partial charge >= 0.3 is 0 Å². The summed E-state index contributed by atoms with van der Waals surface area (Å²) < 4.78 is 38.3. The van der Waals surface area contributed by atoms with Crippen LogP contribution in [0.5, 0.6) is 0 Å². The van der Waals surface area contributed by atoms with Crippen molar-refractivity contribution in [2.75, 3.05) is 6.54 Å². The summed E-state index contributed by atoms with van der Waals surface area (Å²) in [5, 5.41) is 1.20. The Labute approximate surface area is 139 Å². The average Bonchev–Trinajstić information content (AvgIpc) is 2.72. The Bertz CT molecular complexity index is 463. The van der Waals surface area contributed by atoms with Crippen LogP contribution in [0.4, 0.5) is 0 Å². The van der Waals surface area contributed by atoms with Gasteiger partial charge in [-0.1, -0.05) is 38.2 Å². The molecule has 2 rings (SSSR count). The van der Waals surface area contributed by atoms with E-state index in [0.717, 1.165) is 32.1 Å². The van der Waals surface area contributed by atoms with Gasteiger partial charge < -0.3 is 4.90 Å². The Balaban J connectivity index is 2.45. The first-order valence-electron chi connectivity index (χ1n) is 8.31. The van der Waals surface area contributed by atoms with Crippen LogP contribution in [0.2, 0.25) is 0 Å². The number of halogens is 1. The van der Waals surface area contributed by atoms with Gasteiger partial charge in [0.2, 0.25) is 4.39 Å². The maximum absolute atomic E-state index is 12.9. The molecular formula is C15H25ClN2O5. The molecule has 0 aromatic carbocycles. The van der Waals surface area contributed by atoms with Gasteiger partial charge in [-0.05, 0) is 32.1 Å². The molecular weight excluding hydrogens is 324 g/mol. The predicted molar refractivity (Wildman–Crippen MR) is 73.7 cm³/mol. The summed E-state index contributed by atoms with van der Waals surface area (Å²) in [5.74, 6) is -0.0398. The Hall–Kier alpha value is -0.860. The first kappa shape index (κ1) is 18.5. The minimum absolute atomic E-state index is 0.0398. The van der Waals surface area contributed by atoms with Crippen molar-refractivity contribution in [1.29, 1.82) is 0 Å². The van der Waals surface area contributed by atoms with Crippen molar-refractivity contribution < 1.29 is 33.4 Å². The molecule has 7 nitrogen and oxygen atoms in total. The summed E-state index contributed by atoms with van der Waals surface area (Å²) in [6, 6.07) is 0. The van der Waals surface area contributed by atoms with Crippen molar-refractivity contribution in [1.82, 2.24) is 9.96 Å². The fourth-order valence-electron chi connectivity index (χ4n) is 3.36. The van der Waals surface area contributed by atoms with E-state index in [1.807, 2.05) is 13.8 Å². The number of rotatable bonds is 6. The van der Waals surface area contributed by atoms with E-state index in [9.17, 15) is 18.8 Å². The van der Waals surface area contributed by atoms with Gasteiger partial charge in [0.15, 0.2) is 0 Å². The van der Waals surface area contributed by atoms with Gasteiger partial charge in [-0.15, -0.1) is 0 Å². The van der Waals surface area contributed by atoms with Gasteiger partial charge in [-0.3, -0.25) is 4.79 Å². The molecule has 0 saturated carbocycles. The third kappa shape index (κ3) is 4.36. The highest BCUT2D eigenvalue weighted by Gasteiger charge is 2.45. The lowest BCUT2D eigenvalue weighted by Gasteiger charge is -2.41. The molecule has 0 aromatic heterocycles. The second-order valence-corrected chi connectivity index (χ2v) is 6.92. The number of allylic oxidation sites excluding steroid dienone is 1. The number of fused-ring (bicyclic) bond motifs is 1. The fraction of sp³-hybridized carbons (Fsp3) is 0.800. The standard InChI is InChI=1S/C15H25ClN2O5/c1-3-8-12-13(9-4-2)18(23-16(20,21)22)14-10-6-5-7-11-17(14)15(12)19/h14H,3-11H2,1-2H3. The van der Waals surface area contributed by atoms with Crippen LogP contribution in [0.25, 0.3) is 0 Å². The molecule has 0 radical (unpaired) electrons. The summed E-state index contributed by atoms with van der Waals surface area (Å²) in [7, 11) is -4.59. The number of carbonyl (C=O) groups excluding carboxylic acids is 1. The molecule has 0 N–H and O–H groups in total. The summed E-state index contributed by atoms with van der Waals surface area (Å²) in [6.07, 6.45) is 5.37. The molecule has 23 heavy (non-hydrogen) atoms. The Kier molecular flexibility index (Phi) is 6.27. The van der Waals surface area contributed by atoms with Crippen molar-refractivity contribution in [3.63, 3.8) is 0 Å². The fourth-order valence-corrected chi connectivity index (χ4v) is 3.72. The lowest BCUT2D eigenvalue weighted by molar-refractivity contribution is -1.92. The molecule has 0 aromatic rings. The number of hydrogen-bond acceptors (Lipinski definition) is 6. The Morgan fingerprint density at radius 3 is 2.43 bits per heavy atom. The molecule has 1 fully saturated rings. The normalized spacial score (nSPS) is 23.2. The van der Waals surface area contributed by atoms with Gasteiger partial charge in [0.1, 0.15) is 16.4 Å². The van der Waals surface area contributed by atoms with E-state index in [-0.39, 0.29) is 5.91 Å². The van der Waals surface area contributed by atoms with E-state index < -0.39 is 16.4 Å². The number of hydroxylamine groups is 2. The van der Waals surface area contributed by atoms with Crippen molar-refractivity contribution in [3.8, 4) is 0 Å². The molecule has 0 spiro atoms. The van der Waals surface area contributed by atoms with Crippen molar-refractivity contribution in [3.05, 3.63) is 11.3 Å². The SMILES string of the molecule is CCCC1=C(CCC)N(O[Cl+3]([O-])([O-])[O-])C2CCCCCN2C1=O. The maximum atomic E-state index is 12.9. The molecule has 132 valence electrons. The molecule has 2 heterocycles. The zero-order chi connectivity index (χ0) is 17.0. The quantitative estimate of drug-likeness (QED) is 0.654. The van der Waals surface area contributed by atoms with Gasteiger partial charge in [0.25, 0.3) is 5.91 Å². The third-order valence-corrected chi connectivity index (χ3v) is 4.59. The van der Waals surface area contributed by atoms with Gasteiger partial charge in [0, 0.05) is 12.1 Å². The third-order valence-electron chi connectivity index (χ3n) is 4.27. The highest BCUT2D eigenvalue weighted by atomic mass is 35.7. The van der Waals surface area contributed by atoms with Gasteiger partial charge in [-0.2, -0.15) is 14.0 Å². The minimum atomic E-state index is -4.59. The van der Waals surface area contributed by atoms with Crippen LogP contribution in [-0.2, 0) is 9.18 Å². The molecule has 8 heteroatoms. The molecule has 1 saturated heterocycles. The molecule has 0 aliphatic carbocycles. The highest BCUT2D eigenvalue weighted by Crippen LogP contribution is 2.35.